The van der Waals surface area contributed by atoms with Gasteiger partial charge in [0.15, 0.2) is 6.61 Å². The van der Waals surface area contributed by atoms with E-state index >= 15 is 0 Å². The Morgan fingerprint density at radius 3 is 2.79 bits per heavy atom. The van der Waals surface area contributed by atoms with Gasteiger partial charge in [0.1, 0.15) is 6.54 Å². The van der Waals surface area contributed by atoms with Crippen LogP contribution in [0.15, 0.2) is 21.9 Å². The van der Waals surface area contributed by atoms with E-state index < -0.39 is 17.2 Å². The SMILES string of the molecule is C[C@@H]1[C@H](C)CCC[C@@H]1NC(=O)COC(=O)Cn1ccc(=O)[nH]c1=O. The van der Waals surface area contributed by atoms with E-state index in [0.717, 1.165) is 29.9 Å². The molecule has 0 unspecified atom stereocenters. The number of ether oxygens (including phenoxy) is 1. The van der Waals surface area contributed by atoms with Crippen LogP contribution in [0.1, 0.15) is 33.1 Å². The van der Waals surface area contributed by atoms with Crippen molar-refractivity contribution in [2.45, 2.75) is 45.7 Å². The molecule has 0 saturated heterocycles. The number of rotatable bonds is 5. The van der Waals surface area contributed by atoms with Crippen molar-refractivity contribution in [3.63, 3.8) is 0 Å². The zero-order valence-electron chi connectivity index (χ0n) is 13.9. The number of aromatic nitrogens is 2. The summed E-state index contributed by atoms with van der Waals surface area (Å²) in [4.78, 5) is 48.1. The quantitative estimate of drug-likeness (QED) is 0.736. The van der Waals surface area contributed by atoms with Gasteiger partial charge in [0.25, 0.3) is 11.5 Å². The largest absolute Gasteiger partial charge is 0.454 e. The van der Waals surface area contributed by atoms with Crippen molar-refractivity contribution < 1.29 is 14.3 Å². The minimum Gasteiger partial charge on any atom is -0.454 e. The van der Waals surface area contributed by atoms with Gasteiger partial charge in [0.2, 0.25) is 0 Å². The van der Waals surface area contributed by atoms with Crippen LogP contribution in [-0.4, -0.2) is 34.1 Å². The van der Waals surface area contributed by atoms with Gasteiger partial charge in [-0.05, 0) is 18.3 Å². The summed E-state index contributed by atoms with van der Waals surface area (Å²) in [7, 11) is 0. The normalized spacial score (nSPS) is 23.5. The molecule has 0 aliphatic heterocycles. The molecule has 1 aromatic heterocycles. The van der Waals surface area contributed by atoms with Crippen LogP contribution in [0.5, 0.6) is 0 Å². The summed E-state index contributed by atoms with van der Waals surface area (Å²) in [5.74, 6) is -0.121. The van der Waals surface area contributed by atoms with Crippen molar-refractivity contribution in [2.24, 2.45) is 11.8 Å². The number of aromatic amines is 1. The average molecular weight is 337 g/mol. The van der Waals surface area contributed by atoms with E-state index in [1.165, 1.54) is 6.20 Å². The number of esters is 1. The minimum atomic E-state index is -0.718. The molecule has 1 aliphatic carbocycles. The van der Waals surface area contributed by atoms with Crippen molar-refractivity contribution in [3.8, 4) is 0 Å². The van der Waals surface area contributed by atoms with Crippen molar-refractivity contribution in [3.05, 3.63) is 33.1 Å². The zero-order valence-corrected chi connectivity index (χ0v) is 13.9. The van der Waals surface area contributed by atoms with Crippen LogP contribution in [0, 0.1) is 11.8 Å². The first-order valence-electron chi connectivity index (χ1n) is 8.11. The number of H-pyrrole nitrogens is 1. The Hall–Kier alpha value is -2.38. The molecule has 132 valence electrons. The number of nitrogens with one attached hydrogen (secondary N) is 2. The molecule has 1 fully saturated rings. The number of carbonyl (C=O) groups is 2. The van der Waals surface area contributed by atoms with Crippen LogP contribution >= 0.6 is 0 Å². The second-order valence-electron chi connectivity index (χ2n) is 6.34. The van der Waals surface area contributed by atoms with E-state index in [1.807, 2.05) is 4.98 Å². The summed E-state index contributed by atoms with van der Waals surface area (Å²) in [6.45, 7) is 3.54. The Morgan fingerprint density at radius 1 is 1.33 bits per heavy atom. The highest BCUT2D eigenvalue weighted by molar-refractivity contribution is 5.80. The predicted molar refractivity (Wildman–Crippen MR) is 86.4 cm³/mol. The van der Waals surface area contributed by atoms with Crippen molar-refractivity contribution in [1.29, 1.82) is 0 Å². The third kappa shape index (κ3) is 4.81. The average Bonchev–Trinajstić information content (AvgIpc) is 2.53. The third-order valence-corrected chi connectivity index (χ3v) is 4.61. The number of nitrogens with zero attached hydrogens (tertiary/aromatic N) is 1. The van der Waals surface area contributed by atoms with E-state index in [1.54, 1.807) is 0 Å². The molecule has 1 saturated carbocycles. The van der Waals surface area contributed by atoms with Gasteiger partial charge in [-0.15, -0.1) is 0 Å². The molecule has 0 bridgehead atoms. The summed E-state index contributed by atoms with van der Waals surface area (Å²) in [6.07, 6.45) is 4.37. The summed E-state index contributed by atoms with van der Waals surface area (Å²) in [5, 5.41) is 2.90. The Bertz CT molecular complexity index is 708. The van der Waals surface area contributed by atoms with Gasteiger partial charge in [-0.25, -0.2) is 4.79 Å². The smallest absolute Gasteiger partial charge is 0.328 e. The van der Waals surface area contributed by atoms with Crippen LogP contribution in [0.2, 0.25) is 0 Å². The maximum absolute atomic E-state index is 11.9. The number of amides is 1. The lowest BCUT2D eigenvalue weighted by Crippen LogP contribution is -2.45. The lowest BCUT2D eigenvalue weighted by molar-refractivity contribution is -0.149. The molecule has 1 aromatic rings. The first-order chi connectivity index (χ1) is 11.4. The van der Waals surface area contributed by atoms with Gasteiger partial charge >= 0.3 is 11.7 Å². The molecule has 0 aromatic carbocycles. The topological polar surface area (TPSA) is 110 Å². The standard InChI is InChI=1S/C16H23N3O5/c1-10-4-3-5-12(11(10)2)17-14(21)9-24-15(22)8-19-7-6-13(20)18-16(19)23/h6-7,10-12H,3-5,8-9H2,1-2H3,(H,17,21)(H,18,20,23)/t10-,11-,12+/m1/s1. The maximum Gasteiger partial charge on any atom is 0.328 e. The lowest BCUT2D eigenvalue weighted by Gasteiger charge is -2.34. The van der Waals surface area contributed by atoms with Crippen LogP contribution in [0.3, 0.4) is 0 Å². The monoisotopic (exact) mass is 337 g/mol. The lowest BCUT2D eigenvalue weighted by atomic mass is 9.78. The van der Waals surface area contributed by atoms with Gasteiger partial charge in [-0.2, -0.15) is 0 Å². The Morgan fingerprint density at radius 2 is 2.08 bits per heavy atom. The van der Waals surface area contributed by atoms with E-state index in [9.17, 15) is 19.2 Å². The van der Waals surface area contributed by atoms with Gasteiger partial charge in [-0.1, -0.05) is 26.7 Å². The fraction of sp³-hybridized carbons (Fsp3) is 0.625. The van der Waals surface area contributed by atoms with E-state index in [-0.39, 0.29) is 25.1 Å². The molecule has 2 rings (SSSR count). The first kappa shape index (κ1) is 18.0. The highest BCUT2D eigenvalue weighted by Crippen LogP contribution is 2.29. The molecular formula is C16H23N3O5. The van der Waals surface area contributed by atoms with E-state index in [4.69, 9.17) is 4.74 Å². The maximum atomic E-state index is 11.9. The summed E-state index contributed by atoms with van der Waals surface area (Å²) in [6, 6.07) is 1.23. The van der Waals surface area contributed by atoms with Gasteiger partial charge in [-0.3, -0.25) is 23.9 Å². The second kappa shape index (κ2) is 7.94. The minimum absolute atomic E-state index is 0.0989. The molecule has 0 spiro atoms. The van der Waals surface area contributed by atoms with E-state index in [2.05, 4.69) is 19.2 Å². The van der Waals surface area contributed by atoms with Crippen molar-refractivity contribution in [2.75, 3.05) is 6.61 Å². The number of hydrogen-bond acceptors (Lipinski definition) is 5. The van der Waals surface area contributed by atoms with Crippen LogP contribution in [0.25, 0.3) is 0 Å². The molecule has 0 radical (unpaired) electrons. The third-order valence-electron chi connectivity index (χ3n) is 4.61. The molecule has 8 nitrogen and oxygen atoms in total. The predicted octanol–water partition coefficient (Wildman–Crippen LogP) is 0.0207. The summed E-state index contributed by atoms with van der Waals surface area (Å²) < 4.78 is 5.90. The molecule has 3 atom stereocenters. The summed E-state index contributed by atoms with van der Waals surface area (Å²) in [5.41, 5.74) is -1.24. The fourth-order valence-electron chi connectivity index (χ4n) is 2.93. The van der Waals surface area contributed by atoms with Crippen LogP contribution in [-0.2, 0) is 20.9 Å². The van der Waals surface area contributed by atoms with Crippen molar-refractivity contribution >= 4 is 11.9 Å². The highest BCUT2D eigenvalue weighted by Gasteiger charge is 2.28. The van der Waals surface area contributed by atoms with Gasteiger partial charge < -0.3 is 10.1 Å². The second-order valence-corrected chi connectivity index (χ2v) is 6.34. The molecule has 1 heterocycles. The molecule has 1 aliphatic rings. The van der Waals surface area contributed by atoms with Crippen molar-refractivity contribution in [1.82, 2.24) is 14.9 Å². The molecule has 24 heavy (non-hydrogen) atoms. The number of hydrogen-bond donors (Lipinski definition) is 2. The van der Waals surface area contributed by atoms with Gasteiger partial charge in [0.05, 0.1) is 0 Å². The van der Waals surface area contributed by atoms with Crippen LogP contribution < -0.4 is 16.6 Å². The first-order valence-corrected chi connectivity index (χ1v) is 8.11. The van der Waals surface area contributed by atoms with E-state index in [0.29, 0.717) is 11.8 Å². The molecular weight excluding hydrogens is 314 g/mol. The Balaban J connectivity index is 1.79. The molecule has 2 N–H and O–H groups in total. The van der Waals surface area contributed by atoms with Gasteiger partial charge in [0, 0.05) is 18.3 Å². The molecule has 1 amide bonds. The zero-order chi connectivity index (χ0) is 17.7. The fourth-order valence-corrected chi connectivity index (χ4v) is 2.93. The molecule has 8 heteroatoms. The Kier molecular flexibility index (Phi) is 5.94. The Labute approximate surface area is 139 Å². The van der Waals surface area contributed by atoms with Crippen LogP contribution in [0.4, 0.5) is 0 Å². The summed E-state index contributed by atoms with van der Waals surface area (Å²) >= 11 is 0. The highest BCUT2D eigenvalue weighted by atomic mass is 16.5. The number of carbonyl (C=O) groups excluding carboxylic acids is 2.